The first-order valence-corrected chi connectivity index (χ1v) is 6.40. The molecule has 8 heteroatoms. The summed E-state index contributed by atoms with van der Waals surface area (Å²) in [6.45, 7) is 0. The number of anilines is 1. The molecule has 0 bridgehead atoms. The first-order valence-electron chi connectivity index (χ1n) is 5.23. The summed E-state index contributed by atoms with van der Waals surface area (Å²) in [6, 6.07) is 5.38. The molecule has 1 heterocycles. The molecule has 1 aromatic carbocycles. The highest BCUT2D eigenvalue weighted by Gasteiger charge is 2.09. The number of hydrogen-bond donors (Lipinski definition) is 1. The maximum atomic E-state index is 5.77. The molecule has 1 aromatic heterocycles. The predicted molar refractivity (Wildman–Crippen MR) is 75.2 cm³/mol. The zero-order chi connectivity index (χ0) is 13.8. The first kappa shape index (κ1) is 13.8. The number of benzene rings is 1. The standard InChI is InChI=1S/C11H10BrClN4O2/c1-14-10-15-9(13)16-11(17-10)19-8-4-3-6(18-2)5-7(8)12/h3-5H,1-2H3,(H,14,15,16,17). The average Bonchev–Trinajstić information content (AvgIpc) is 2.40. The Morgan fingerprint density at radius 1 is 1.26 bits per heavy atom. The van der Waals surface area contributed by atoms with Crippen LogP contribution in [0.1, 0.15) is 0 Å². The van der Waals surface area contributed by atoms with E-state index in [1.54, 1.807) is 32.4 Å². The molecule has 0 spiro atoms. The summed E-state index contributed by atoms with van der Waals surface area (Å²) in [5.41, 5.74) is 0. The second-order valence-corrected chi connectivity index (χ2v) is 4.55. The Morgan fingerprint density at radius 2 is 2.05 bits per heavy atom. The van der Waals surface area contributed by atoms with Crippen molar-refractivity contribution in [2.45, 2.75) is 0 Å². The zero-order valence-electron chi connectivity index (χ0n) is 10.1. The van der Waals surface area contributed by atoms with Crippen molar-refractivity contribution in [2.75, 3.05) is 19.5 Å². The van der Waals surface area contributed by atoms with Crippen molar-refractivity contribution in [2.24, 2.45) is 0 Å². The maximum Gasteiger partial charge on any atom is 0.328 e. The molecule has 1 N–H and O–H groups in total. The van der Waals surface area contributed by atoms with E-state index >= 15 is 0 Å². The van der Waals surface area contributed by atoms with E-state index in [2.05, 4.69) is 36.2 Å². The fourth-order valence-electron chi connectivity index (χ4n) is 1.28. The smallest absolute Gasteiger partial charge is 0.328 e. The molecule has 0 saturated carbocycles. The maximum absolute atomic E-state index is 5.77. The molecule has 0 radical (unpaired) electrons. The summed E-state index contributed by atoms with van der Waals surface area (Å²) in [4.78, 5) is 11.8. The van der Waals surface area contributed by atoms with E-state index in [9.17, 15) is 0 Å². The Labute approximate surface area is 123 Å². The van der Waals surface area contributed by atoms with Crippen LogP contribution in [0.4, 0.5) is 5.95 Å². The van der Waals surface area contributed by atoms with Crippen molar-refractivity contribution in [3.8, 4) is 17.5 Å². The number of nitrogens with zero attached hydrogens (tertiary/aromatic N) is 3. The highest BCUT2D eigenvalue weighted by molar-refractivity contribution is 9.10. The molecule has 6 nitrogen and oxygen atoms in total. The molecular weight excluding hydrogens is 336 g/mol. The minimum Gasteiger partial charge on any atom is -0.497 e. The van der Waals surface area contributed by atoms with E-state index in [-0.39, 0.29) is 11.3 Å². The second kappa shape index (κ2) is 6.03. The minimum atomic E-state index is 0.0546. The number of methoxy groups -OCH3 is 1. The molecule has 0 amide bonds. The van der Waals surface area contributed by atoms with Gasteiger partial charge in [-0.3, -0.25) is 0 Å². The van der Waals surface area contributed by atoms with Gasteiger partial charge in [0.05, 0.1) is 11.6 Å². The highest BCUT2D eigenvalue weighted by atomic mass is 79.9. The summed E-state index contributed by atoms with van der Waals surface area (Å²) in [5, 5.41) is 2.82. The van der Waals surface area contributed by atoms with Crippen LogP contribution in [0.5, 0.6) is 17.5 Å². The lowest BCUT2D eigenvalue weighted by molar-refractivity contribution is 0.409. The van der Waals surface area contributed by atoms with Crippen molar-refractivity contribution in [3.63, 3.8) is 0 Å². The number of nitrogens with one attached hydrogen (secondary N) is 1. The third-order valence-corrected chi connectivity index (χ3v) is 2.94. The van der Waals surface area contributed by atoms with Crippen molar-refractivity contribution in [1.29, 1.82) is 0 Å². The van der Waals surface area contributed by atoms with Gasteiger partial charge in [-0.25, -0.2) is 0 Å². The van der Waals surface area contributed by atoms with Gasteiger partial charge in [0.2, 0.25) is 11.2 Å². The van der Waals surface area contributed by atoms with E-state index in [1.165, 1.54) is 0 Å². The summed E-state index contributed by atoms with van der Waals surface area (Å²) < 4.78 is 11.4. The molecule has 0 saturated heterocycles. The SMILES string of the molecule is CNc1nc(Cl)nc(Oc2ccc(OC)cc2Br)n1. The Balaban J connectivity index is 2.28. The van der Waals surface area contributed by atoms with Crippen molar-refractivity contribution in [1.82, 2.24) is 15.0 Å². The van der Waals surface area contributed by atoms with Crippen molar-refractivity contribution < 1.29 is 9.47 Å². The fourth-order valence-corrected chi connectivity index (χ4v) is 1.87. The largest absolute Gasteiger partial charge is 0.497 e. The van der Waals surface area contributed by atoms with E-state index in [0.717, 1.165) is 4.47 Å². The number of ether oxygens (including phenoxy) is 2. The second-order valence-electron chi connectivity index (χ2n) is 3.36. The molecule has 19 heavy (non-hydrogen) atoms. The van der Waals surface area contributed by atoms with Crippen LogP contribution in [0.2, 0.25) is 5.28 Å². The summed E-state index contributed by atoms with van der Waals surface area (Å²) in [7, 11) is 3.27. The molecule has 0 aliphatic carbocycles. The van der Waals surface area contributed by atoms with Gasteiger partial charge in [-0.15, -0.1) is 0 Å². The van der Waals surface area contributed by atoms with Gasteiger partial charge in [-0.1, -0.05) is 0 Å². The van der Waals surface area contributed by atoms with Crippen LogP contribution in [0.3, 0.4) is 0 Å². The van der Waals surface area contributed by atoms with E-state index < -0.39 is 0 Å². The third-order valence-electron chi connectivity index (χ3n) is 2.15. The Morgan fingerprint density at radius 3 is 2.68 bits per heavy atom. The van der Waals surface area contributed by atoms with Crippen LogP contribution in [-0.2, 0) is 0 Å². The van der Waals surface area contributed by atoms with Gasteiger partial charge >= 0.3 is 6.01 Å². The zero-order valence-corrected chi connectivity index (χ0v) is 12.5. The first-order chi connectivity index (χ1) is 9.12. The molecule has 100 valence electrons. The monoisotopic (exact) mass is 344 g/mol. The van der Waals surface area contributed by atoms with Gasteiger partial charge < -0.3 is 14.8 Å². The Bertz CT molecular complexity index is 597. The summed E-state index contributed by atoms with van der Waals surface area (Å²) >= 11 is 9.14. The number of hydrogen-bond acceptors (Lipinski definition) is 6. The van der Waals surface area contributed by atoms with Crippen LogP contribution >= 0.6 is 27.5 Å². The molecule has 0 fully saturated rings. The lowest BCUT2D eigenvalue weighted by Crippen LogP contribution is -2.01. The average molecular weight is 346 g/mol. The number of aromatic nitrogens is 3. The van der Waals surface area contributed by atoms with Gasteiger partial charge in [0.25, 0.3) is 0 Å². The summed E-state index contributed by atoms with van der Waals surface area (Å²) in [5.74, 6) is 1.59. The van der Waals surface area contributed by atoms with Gasteiger partial charge in [0, 0.05) is 7.05 Å². The van der Waals surface area contributed by atoms with Crippen LogP contribution in [0.25, 0.3) is 0 Å². The van der Waals surface area contributed by atoms with Crippen LogP contribution < -0.4 is 14.8 Å². The molecule has 0 unspecified atom stereocenters. The van der Waals surface area contributed by atoms with Crippen molar-refractivity contribution in [3.05, 3.63) is 28.0 Å². The van der Waals surface area contributed by atoms with Gasteiger partial charge in [0.15, 0.2) is 0 Å². The third kappa shape index (κ3) is 3.45. The molecule has 2 rings (SSSR count). The van der Waals surface area contributed by atoms with Crippen LogP contribution in [0, 0.1) is 0 Å². The normalized spacial score (nSPS) is 10.1. The summed E-state index contributed by atoms with van der Waals surface area (Å²) in [6.07, 6.45) is 0. The fraction of sp³-hybridized carbons (Fsp3) is 0.182. The van der Waals surface area contributed by atoms with E-state index in [4.69, 9.17) is 21.1 Å². The van der Waals surface area contributed by atoms with Crippen LogP contribution in [0.15, 0.2) is 22.7 Å². The lowest BCUT2D eigenvalue weighted by atomic mass is 10.3. The van der Waals surface area contributed by atoms with Gasteiger partial charge in [-0.2, -0.15) is 15.0 Å². The predicted octanol–water partition coefficient (Wildman–Crippen LogP) is 3.13. The minimum absolute atomic E-state index is 0.0546. The quantitative estimate of drug-likeness (QED) is 0.918. The Hall–Kier alpha value is -1.60. The van der Waals surface area contributed by atoms with Gasteiger partial charge in [-0.05, 0) is 45.7 Å². The molecule has 0 atom stereocenters. The number of halogens is 2. The lowest BCUT2D eigenvalue weighted by Gasteiger charge is -2.08. The topological polar surface area (TPSA) is 69.2 Å². The Kier molecular flexibility index (Phi) is 4.39. The molecule has 2 aromatic rings. The van der Waals surface area contributed by atoms with E-state index in [1.807, 2.05) is 0 Å². The van der Waals surface area contributed by atoms with Crippen LogP contribution in [-0.4, -0.2) is 29.1 Å². The highest BCUT2D eigenvalue weighted by Crippen LogP contribution is 2.31. The molecule has 0 aliphatic heterocycles. The van der Waals surface area contributed by atoms with Gasteiger partial charge in [0.1, 0.15) is 11.5 Å². The van der Waals surface area contributed by atoms with E-state index in [0.29, 0.717) is 17.4 Å². The van der Waals surface area contributed by atoms with Crippen molar-refractivity contribution >= 4 is 33.5 Å². The molecular formula is C11H10BrClN4O2. The number of rotatable bonds is 4. The molecule has 0 aliphatic rings.